The maximum absolute atomic E-state index is 13.5. The van der Waals surface area contributed by atoms with E-state index in [1.54, 1.807) is 0 Å². The highest BCUT2D eigenvalue weighted by molar-refractivity contribution is 6.03. The summed E-state index contributed by atoms with van der Waals surface area (Å²) in [4.78, 5) is 24.3. The molecule has 0 aliphatic rings. The second-order valence-electron chi connectivity index (χ2n) is 3.24. The summed E-state index contributed by atoms with van der Waals surface area (Å²) in [6.07, 6.45) is 1.14. The van der Waals surface area contributed by atoms with Gasteiger partial charge in [0.2, 0.25) is 0 Å². The van der Waals surface area contributed by atoms with Crippen LogP contribution in [-0.4, -0.2) is 21.0 Å². The van der Waals surface area contributed by atoms with Crippen molar-refractivity contribution in [1.29, 1.82) is 0 Å². The van der Waals surface area contributed by atoms with Crippen molar-refractivity contribution < 1.29 is 19.2 Å². The van der Waals surface area contributed by atoms with Crippen LogP contribution in [0, 0.1) is 15.9 Å². The number of nitro benzene ring substituents is 1. The van der Waals surface area contributed by atoms with Gasteiger partial charge < -0.3 is 5.11 Å². The quantitative estimate of drug-likeness (QED) is 0.635. The first-order valence-electron chi connectivity index (χ1n) is 4.46. The van der Waals surface area contributed by atoms with E-state index in [2.05, 4.69) is 4.98 Å². The molecule has 2 aromatic rings. The molecule has 0 aliphatic carbocycles. The van der Waals surface area contributed by atoms with Gasteiger partial charge >= 0.3 is 5.97 Å². The van der Waals surface area contributed by atoms with E-state index in [9.17, 15) is 19.3 Å². The van der Waals surface area contributed by atoms with Gasteiger partial charge in [0.1, 0.15) is 5.52 Å². The van der Waals surface area contributed by atoms with Crippen LogP contribution in [0.4, 0.5) is 10.1 Å². The topological polar surface area (TPSA) is 93.3 Å². The molecule has 0 bridgehead atoms. The Labute approximate surface area is 93.5 Å². The Morgan fingerprint density at radius 2 is 2.18 bits per heavy atom. The van der Waals surface area contributed by atoms with Crippen LogP contribution in [0.1, 0.15) is 10.4 Å². The lowest BCUT2D eigenvalue weighted by atomic mass is 10.1. The van der Waals surface area contributed by atoms with Gasteiger partial charge in [-0.2, -0.15) is 0 Å². The van der Waals surface area contributed by atoms with E-state index in [-0.39, 0.29) is 16.5 Å². The van der Waals surface area contributed by atoms with E-state index in [1.165, 1.54) is 0 Å². The predicted molar refractivity (Wildman–Crippen MR) is 55.3 cm³/mol. The summed E-state index contributed by atoms with van der Waals surface area (Å²) in [5, 5.41) is 19.3. The summed E-state index contributed by atoms with van der Waals surface area (Å²) in [5.74, 6) is -2.21. The molecule has 17 heavy (non-hydrogen) atoms. The predicted octanol–water partition coefficient (Wildman–Crippen LogP) is 1.98. The average Bonchev–Trinajstić information content (AvgIpc) is 2.27. The van der Waals surface area contributed by atoms with Gasteiger partial charge in [-0.25, -0.2) is 9.18 Å². The molecular formula is C10H5FN2O4. The van der Waals surface area contributed by atoms with Crippen LogP contribution in [0.3, 0.4) is 0 Å². The van der Waals surface area contributed by atoms with Gasteiger partial charge in [0.25, 0.3) is 5.69 Å². The number of pyridine rings is 1. The number of carboxylic acid groups (broad SMARTS) is 1. The zero-order valence-electron chi connectivity index (χ0n) is 8.25. The minimum atomic E-state index is -1.29. The maximum Gasteiger partial charge on any atom is 0.336 e. The average molecular weight is 236 g/mol. The van der Waals surface area contributed by atoms with Gasteiger partial charge in [0, 0.05) is 17.6 Å². The van der Waals surface area contributed by atoms with E-state index in [0.29, 0.717) is 6.07 Å². The van der Waals surface area contributed by atoms with Crippen molar-refractivity contribution in [3.8, 4) is 0 Å². The number of fused-ring (bicyclic) bond motifs is 1. The molecule has 0 radical (unpaired) electrons. The van der Waals surface area contributed by atoms with E-state index < -0.39 is 22.4 Å². The second-order valence-corrected chi connectivity index (χ2v) is 3.24. The standard InChI is InChI=1S/C10H5FN2O4/c11-8-4-5(13(16)17)3-7-6(10(14)15)1-2-12-9(7)8/h1-4H,(H,14,15). The van der Waals surface area contributed by atoms with Crippen molar-refractivity contribution in [2.24, 2.45) is 0 Å². The molecule has 1 aromatic heterocycles. The molecule has 0 aliphatic heterocycles. The van der Waals surface area contributed by atoms with Crippen LogP contribution in [0.15, 0.2) is 24.4 Å². The first kappa shape index (κ1) is 10.9. The van der Waals surface area contributed by atoms with Crippen LogP contribution in [0.2, 0.25) is 0 Å². The van der Waals surface area contributed by atoms with Crippen molar-refractivity contribution >= 4 is 22.6 Å². The third kappa shape index (κ3) is 1.78. The van der Waals surface area contributed by atoms with Crippen LogP contribution >= 0.6 is 0 Å². The summed E-state index contributed by atoms with van der Waals surface area (Å²) in [6.45, 7) is 0. The number of halogens is 1. The molecule has 1 aromatic carbocycles. The number of carboxylic acids is 1. The molecule has 0 atom stereocenters. The number of nitrogens with zero attached hydrogens (tertiary/aromatic N) is 2. The Balaban J connectivity index is 2.88. The Morgan fingerprint density at radius 3 is 2.76 bits per heavy atom. The third-order valence-corrected chi connectivity index (χ3v) is 2.22. The van der Waals surface area contributed by atoms with Gasteiger partial charge in [-0.05, 0) is 6.07 Å². The Hall–Kier alpha value is -2.57. The van der Waals surface area contributed by atoms with Crippen molar-refractivity contribution in [2.45, 2.75) is 0 Å². The molecule has 6 nitrogen and oxygen atoms in total. The zero-order chi connectivity index (χ0) is 12.6. The minimum Gasteiger partial charge on any atom is -0.478 e. The first-order chi connectivity index (χ1) is 8.00. The van der Waals surface area contributed by atoms with Crippen LogP contribution < -0.4 is 0 Å². The number of aromatic nitrogens is 1. The van der Waals surface area contributed by atoms with Crippen molar-refractivity contribution in [3.63, 3.8) is 0 Å². The molecule has 1 N–H and O–H groups in total. The molecule has 0 fully saturated rings. The monoisotopic (exact) mass is 236 g/mol. The third-order valence-electron chi connectivity index (χ3n) is 2.22. The van der Waals surface area contributed by atoms with E-state index in [1.807, 2.05) is 0 Å². The highest BCUT2D eigenvalue weighted by Gasteiger charge is 2.17. The number of hydrogen-bond donors (Lipinski definition) is 1. The fourth-order valence-corrected chi connectivity index (χ4v) is 1.49. The molecule has 86 valence electrons. The van der Waals surface area contributed by atoms with Crippen LogP contribution in [-0.2, 0) is 0 Å². The number of benzene rings is 1. The van der Waals surface area contributed by atoms with Gasteiger partial charge in [0.15, 0.2) is 5.82 Å². The number of aromatic carboxylic acids is 1. The Morgan fingerprint density at radius 1 is 1.47 bits per heavy atom. The number of hydrogen-bond acceptors (Lipinski definition) is 4. The highest BCUT2D eigenvalue weighted by atomic mass is 19.1. The Kier molecular flexibility index (Phi) is 2.43. The summed E-state index contributed by atoms with van der Waals surface area (Å²) in [6, 6.07) is 2.86. The van der Waals surface area contributed by atoms with Crippen molar-refractivity contribution in [1.82, 2.24) is 4.98 Å². The molecule has 0 saturated carbocycles. The van der Waals surface area contributed by atoms with Crippen molar-refractivity contribution in [2.75, 3.05) is 0 Å². The van der Waals surface area contributed by atoms with Gasteiger partial charge in [-0.15, -0.1) is 0 Å². The smallest absolute Gasteiger partial charge is 0.336 e. The summed E-state index contributed by atoms with van der Waals surface area (Å²) < 4.78 is 13.5. The van der Waals surface area contributed by atoms with E-state index in [4.69, 9.17) is 5.11 Å². The van der Waals surface area contributed by atoms with Gasteiger partial charge in [-0.3, -0.25) is 15.1 Å². The lowest BCUT2D eigenvalue weighted by Gasteiger charge is -2.02. The van der Waals surface area contributed by atoms with Gasteiger partial charge in [0.05, 0.1) is 16.6 Å². The molecule has 0 spiro atoms. The van der Waals surface area contributed by atoms with Gasteiger partial charge in [-0.1, -0.05) is 0 Å². The number of rotatable bonds is 2. The minimum absolute atomic E-state index is 0.0910. The zero-order valence-corrected chi connectivity index (χ0v) is 8.25. The molecule has 0 amide bonds. The molecule has 2 rings (SSSR count). The molecule has 1 heterocycles. The second kappa shape index (κ2) is 3.78. The number of carbonyl (C=O) groups is 1. The lowest BCUT2D eigenvalue weighted by Crippen LogP contribution is -2.00. The SMILES string of the molecule is O=C(O)c1ccnc2c(F)cc([N+](=O)[O-])cc12. The normalized spacial score (nSPS) is 10.4. The highest BCUT2D eigenvalue weighted by Crippen LogP contribution is 2.25. The number of nitro groups is 1. The maximum atomic E-state index is 13.5. The van der Waals surface area contributed by atoms with Crippen LogP contribution in [0.25, 0.3) is 10.9 Å². The summed E-state index contributed by atoms with van der Waals surface area (Å²) >= 11 is 0. The van der Waals surface area contributed by atoms with E-state index in [0.717, 1.165) is 18.3 Å². The largest absolute Gasteiger partial charge is 0.478 e. The van der Waals surface area contributed by atoms with E-state index >= 15 is 0 Å². The molecule has 0 unspecified atom stereocenters. The fraction of sp³-hybridized carbons (Fsp3) is 0. The molecule has 0 saturated heterocycles. The lowest BCUT2D eigenvalue weighted by molar-refractivity contribution is -0.384. The number of non-ortho nitro benzene ring substituents is 1. The fourth-order valence-electron chi connectivity index (χ4n) is 1.49. The van der Waals surface area contributed by atoms with Crippen LogP contribution in [0.5, 0.6) is 0 Å². The first-order valence-corrected chi connectivity index (χ1v) is 4.46. The summed E-state index contributed by atoms with van der Waals surface area (Å²) in [5.41, 5.74) is -0.932. The summed E-state index contributed by atoms with van der Waals surface area (Å²) in [7, 11) is 0. The Bertz CT molecular complexity index is 641. The van der Waals surface area contributed by atoms with Crippen molar-refractivity contribution in [3.05, 3.63) is 45.9 Å². The molecule has 7 heteroatoms. The molecular weight excluding hydrogens is 231 g/mol.